The van der Waals surface area contributed by atoms with Gasteiger partial charge in [-0.25, -0.2) is 0 Å². The van der Waals surface area contributed by atoms with Gasteiger partial charge < -0.3 is 14.6 Å². The maximum atomic E-state index is 12.0. The van der Waals surface area contributed by atoms with Crippen molar-refractivity contribution in [1.29, 1.82) is 0 Å². The predicted octanol–water partition coefficient (Wildman–Crippen LogP) is 2.38. The molecule has 1 amide bonds. The van der Waals surface area contributed by atoms with Crippen LogP contribution in [0.25, 0.3) is 11.5 Å². The SMILES string of the molecule is CN(C)c1nnc(-c2ccc(NC(=O)Cc3cccnc3)cc2)o1. The minimum absolute atomic E-state index is 0.0940. The summed E-state index contributed by atoms with van der Waals surface area (Å²) in [5, 5.41) is 10.8. The number of nitrogens with zero attached hydrogens (tertiary/aromatic N) is 4. The van der Waals surface area contributed by atoms with Gasteiger partial charge in [0.1, 0.15) is 0 Å². The van der Waals surface area contributed by atoms with Crippen LogP contribution in [0.15, 0.2) is 53.2 Å². The van der Waals surface area contributed by atoms with Crippen molar-refractivity contribution < 1.29 is 9.21 Å². The minimum atomic E-state index is -0.0940. The molecule has 0 saturated heterocycles. The Morgan fingerprint density at radius 1 is 1.17 bits per heavy atom. The average molecular weight is 323 g/mol. The van der Waals surface area contributed by atoms with E-state index in [1.165, 1.54) is 0 Å². The van der Waals surface area contributed by atoms with E-state index in [2.05, 4.69) is 20.5 Å². The van der Waals surface area contributed by atoms with Crippen molar-refractivity contribution in [2.24, 2.45) is 0 Å². The Hall–Kier alpha value is -3.22. The van der Waals surface area contributed by atoms with Crippen LogP contribution in [0.5, 0.6) is 0 Å². The molecule has 0 radical (unpaired) electrons. The van der Waals surface area contributed by atoms with Crippen molar-refractivity contribution in [1.82, 2.24) is 15.2 Å². The van der Waals surface area contributed by atoms with Gasteiger partial charge >= 0.3 is 6.01 Å². The summed E-state index contributed by atoms with van der Waals surface area (Å²) < 4.78 is 5.54. The van der Waals surface area contributed by atoms with E-state index in [0.29, 0.717) is 17.6 Å². The Balaban J connectivity index is 1.64. The molecule has 24 heavy (non-hydrogen) atoms. The number of nitrogens with one attached hydrogen (secondary N) is 1. The van der Waals surface area contributed by atoms with Gasteiger partial charge in [0.15, 0.2) is 0 Å². The lowest BCUT2D eigenvalue weighted by molar-refractivity contribution is -0.115. The number of amides is 1. The summed E-state index contributed by atoms with van der Waals surface area (Å²) in [4.78, 5) is 17.8. The van der Waals surface area contributed by atoms with E-state index in [0.717, 1.165) is 11.1 Å². The highest BCUT2D eigenvalue weighted by atomic mass is 16.4. The molecule has 0 atom stereocenters. The van der Waals surface area contributed by atoms with Crippen LogP contribution < -0.4 is 10.2 Å². The second-order valence-corrected chi connectivity index (χ2v) is 5.45. The summed E-state index contributed by atoms with van der Waals surface area (Å²) >= 11 is 0. The summed E-state index contributed by atoms with van der Waals surface area (Å²) in [5.41, 5.74) is 2.37. The molecule has 0 bridgehead atoms. The second kappa shape index (κ2) is 6.91. The van der Waals surface area contributed by atoms with Crippen LogP contribution >= 0.6 is 0 Å². The normalized spacial score (nSPS) is 10.4. The summed E-state index contributed by atoms with van der Waals surface area (Å²) in [6.07, 6.45) is 3.64. The number of carbonyl (C=O) groups excluding carboxylic acids is 1. The van der Waals surface area contributed by atoms with Crippen molar-refractivity contribution in [2.45, 2.75) is 6.42 Å². The molecule has 122 valence electrons. The van der Waals surface area contributed by atoms with Crippen LogP contribution in [0, 0.1) is 0 Å². The van der Waals surface area contributed by atoms with E-state index in [9.17, 15) is 4.79 Å². The number of aromatic nitrogens is 3. The van der Waals surface area contributed by atoms with Crippen molar-refractivity contribution in [3.63, 3.8) is 0 Å². The van der Waals surface area contributed by atoms with E-state index in [1.807, 2.05) is 38.4 Å². The van der Waals surface area contributed by atoms with Gasteiger partial charge in [-0.05, 0) is 35.9 Å². The first-order valence-corrected chi connectivity index (χ1v) is 7.42. The highest BCUT2D eigenvalue weighted by molar-refractivity contribution is 5.92. The largest absolute Gasteiger partial charge is 0.403 e. The Bertz CT molecular complexity index is 813. The molecule has 0 unspecified atom stereocenters. The van der Waals surface area contributed by atoms with Gasteiger partial charge in [0.2, 0.25) is 11.8 Å². The molecule has 3 rings (SSSR count). The number of anilines is 2. The van der Waals surface area contributed by atoms with Crippen molar-refractivity contribution in [3.8, 4) is 11.5 Å². The average Bonchev–Trinajstić information content (AvgIpc) is 3.07. The maximum absolute atomic E-state index is 12.0. The molecule has 0 spiro atoms. The minimum Gasteiger partial charge on any atom is -0.403 e. The zero-order valence-corrected chi connectivity index (χ0v) is 13.4. The molecular weight excluding hydrogens is 306 g/mol. The Labute approximate surface area is 139 Å². The Kier molecular flexibility index (Phi) is 4.51. The van der Waals surface area contributed by atoms with Crippen LogP contribution in [0.4, 0.5) is 11.7 Å². The maximum Gasteiger partial charge on any atom is 0.317 e. The van der Waals surface area contributed by atoms with E-state index in [4.69, 9.17) is 4.42 Å². The standard InChI is InChI=1S/C17H17N5O2/c1-22(2)17-21-20-16(24-17)13-5-7-14(8-6-13)19-15(23)10-12-4-3-9-18-11-12/h3-9,11H,10H2,1-2H3,(H,19,23). The molecule has 0 fully saturated rings. The van der Waals surface area contributed by atoms with Crippen LogP contribution in [0.3, 0.4) is 0 Å². The molecule has 2 heterocycles. The fraction of sp³-hybridized carbons (Fsp3) is 0.176. The molecule has 1 aromatic carbocycles. The fourth-order valence-corrected chi connectivity index (χ4v) is 2.10. The van der Waals surface area contributed by atoms with E-state index < -0.39 is 0 Å². The second-order valence-electron chi connectivity index (χ2n) is 5.45. The van der Waals surface area contributed by atoms with Gasteiger partial charge in [-0.15, -0.1) is 5.10 Å². The zero-order chi connectivity index (χ0) is 16.9. The van der Waals surface area contributed by atoms with Crippen LogP contribution in [0.1, 0.15) is 5.56 Å². The lowest BCUT2D eigenvalue weighted by Gasteiger charge is -2.06. The van der Waals surface area contributed by atoms with Crippen molar-refractivity contribution in [2.75, 3.05) is 24.3 Å². The number of carbonyl (C=O) groups is 1. The third kappa shape index (κ3) is 3.75. The number of rotatable bonds is 5. The van der Waals surface area contributed by atoms with Crippen molar-refractivity contribution >= 4 is 17.6 Å². The third-order valence-electron chi connectivity index (χ3n) is 3.30. The molecule has 7 heteroatoms. The molecule has 7 nitrogen and oxygen atoms in total. The van der Waals surface area contributed by atoms with E-state index in [1.54, 1.807) is 29.4 Å². The van der Waals surface area contributed by atoms with Gasteiger partial charge in [-0.2, -0.15) is 0 Å². The molecule has 0 aliphatic carbocycles. The quantitative estimate of drug-likeness (QED) is 0.776. The number of pyridine rings is 1. The van der Waals surface area contributed by atoms with Gasteiger partial charge in [0, 0.05) is 37.7 Å². The Morgan fingerprint density at radius 3 is 2.58 bits per heavy atom. The van der Waals surface area contributed by atoms with Gasteiger partial charge in [-0.1, -0.05) is 11.2 Å². The molecule has 2 aromatic heterocycles. The monoisotopic (exact) mass is 323 g/mol. The zero-order valence-electron chi connectivity index (χ0n) is 13.4. The summed E-state index contributed by atoms with van der Waals surface area (Å²) in [5.74, 6) is 0.343. The smallest absolute Gasteiger partial charge is 0.317 e. The first-order valence-electron chi connectivity index (χ1n) is 7.42. The van der Waals surface area contributed by atoms with Crippen LogP contribution in [-0.4, -0.2) is 35.2 Å². The lowest BCUT2D eigenvalue weighted by Crippen LogP contribution is -2.14. The molecule has 0 aliphatic rings. The van der Waals surface area contributed by atoms with E-state index in [-0.39, 0.29) is 12.3 Å². The predicted molar refractivity (Wildman–Crippen MR) is 90.6 cm³/mol. The van der Waals surface area contributed by atoms with Gasteiger partial charge in [0.25, 0.3) is 0 Å². The van der Waals surface area contributed by atoms with Crippen LogP contribution in [0.2, 0.25) is 0 Å². The highest BCUT2D eigenvalue weighted by Gasteiger charge is 2.10. The number of hydrogen-bond donors (Lipinski definition) is 1. The molecule has 3 aromatic rings. The molecule has 0 aliphatic heterocycles. The Morgan fingerprint density at radius 2 is 1.96 bits per heavy atom. The summed E-state index contributed by atoms with van der Waals surface area (Å²) in [7, 11) is 3.66. The third-order valence-corrected chi connectivity index (χ3v) is 3.30. The number of benzene rings is 1. The van der Waals surface area contributed by atoms with Gasteiger partial charge in [-0.3, -0.25) is 9.78 Å². The first kappa shape index (κ1) is 15.7. The molecular formula is C17H17N5O2. The summed E-state index contributed by atoms with van der Waals surface area (Å²) in [6, 6.07) is 11.4. The highest BCUT2D eigenvalue weighted by Crippen LogP contribution is 2.22. The van der Waals surface area contributed by atoms with Gasteiger partial charge in [0.05, 0.1) is 6.42 Å². The topological polar surface area (TPSA) is 84.2 Å². The lowest BCUT2D eigenvalue weighted by atomic mass is 10.2. The molecule has 0 saturated carbocycles. The van der Waals surface area contributed by atoms with Crippen molar-refractivity contribution in [3.05, 3.63) is 54.4 Å². The van der Waals surface area contributed by atoms with E-state index >= 15 is 0 Å². The summed E-state index contributed by atoms with van der Waals surface area (Å²) in [6.45, 7) is 0. The van der Waals surface area contributed by atoms with Crippen LogP contribution in [-0.2, 0) is 11.2 Å². The first-order chi connectivity index (χ1) is 11.6. The number of hydrogen-bond acceptors (Lipinski definition) is 6. The fourth-order valence-electron chi connectivity index (χ4n) is 2.10. The molecule has 1 N–H and O–H groups in total.